The van der Waals surface area contributed by atoms with E-state index in [4.69, 9.17) is 5.11 Å². The van der Waals surface area contributed by atoms with Gasteiger partial charge in [-0.1, -0.05) is 22.0 Å². The Balaban J connectivity index is 1.92. The average molecular weight is 355 g/mol. The van der Waals surface area contributed by atoms with Crippen molar-refractivity contribution in [1.82, 2.24) is 10.2 Å². The molecule has 1 aliphatic heterocycles. The number of carboxylic acids is 1. The molecule has 21 heavy (non-hydrogen) atoms. The minimum atomic E-state index is -1.00. The molecule has 0 radical (unpaired) electrons. The Bertz CT molecular complexity index is 576. The van der Waals surface area contributed by atoms with Gasteiger partial charge in [-0.15, -0.1) is 0 Å². The predicted octanol–water partition coefficient (Wildman–Crippen LogP) is 1.25. The standard InChI is InChI=1S/C14H15BrN2O4/c15-10-4-1-3-9(7-10)13(19)16-8-12(18)17-6-2-5-11(17)14(20)21/h1,3-4,7,11H,2,5-6,8H2,(H,16,19)(H,20,21)/t11-/m0/s1. The van der Waals surface area contributed by atoms with Crippen LogP contribution in [-0.4, -0.2) is 46.9 Å². The molecule has 2 amide bonds. The molecule has 1 fully saturated rings. The van der Waals surface area contributed by atoms with Crippen molar-refractivity contribution in [3.05, 3.63) is 34.3 Å². The molecule has 1 saturated heterocycles. The molecule has 1 aromatic carbocycles. The van der Waals surface area contributed by atoms with E-state index in [9.17, 15) is 14.4 Å². The number of halogens is 1. The molecule has 1 heterocycles. The second kappa shape index (κ2) is 6.71. The van der Waals surface area contributed by atoms with E-state index in [0.717, 1.165) is 4.47 Å². The van der Waals surface area contributed by atoms with Crippen molar-refractivity contribution in [2.24, 2.45) is 0 Å². The molecule has 0 unspecified atom stereocenters. The zero-order chi connectivity index (χ0) is 15.4. The van der Waals surface area contributed by atoms with Gasteiger partial charge in [0.25, 0.3) is 5.91 Å². The summed E-state index contributed by atoms with van der Waals surface area (Å²) in [5, 5.41) is 11.6. The number of aliphatic carboxylic acids is 1. The SMILES string of the molecule is O=C(NCC(=O)N1CCC[C@H]1C(=O)O)c1cccc(Br)c1. The van der Waals surface area contributed by atoms with Crippen LogP contribution in [-0.2, 0) is 9.59 Å². The first kappa shape index (κ1) is 15.5. The molecule has 0 saturated carbocycles. The summed E-state index contributed by atoms with van der Waals surface area (Å²) in [6, 6.07) is 6.03. The van der Waals surface area contributed by atoms with E-state index in [1.165, 1.54) is 4.90 Å². The Kier molecular flexibility index (Phi) is 4.95. The second-order valence-corrected chi connectivity index (χ2v) is 5.69. The third-order valence-electron chi connectivity index (χ3n) is 3.35. The van der Waals surface area contributed by atoms with Crippen LogP contribution in [0.1, 0.15) is 23.2 Å². The number of hydrogen-bond donors (Lipinski definition) is 2. The van der Waals surface area contributed by atoms with E-state index >= 15 is 0 Å². The fraction of sp³-hybridized carbons (Fsp3) is 0.357. The minimum absolute atomic E-state index is 0.199. The van der Waals surface area contributed by atoms with Gasteiger partial charge in [0.2, 0.25) is 5.91 Å². The predicted molar refractivity (Wildman–Crippen MR) is 78.8 cm³/mol. The van der Waals surface area contributed by atoms with Crippen LogP contribution in [0, 0.1) is 0 Å². The fourth-order valence-corrected chi connectivity index (χ4v) is 2.71. The Morgan fingerprint density at radius 1 is 1.38 bits per heavy atom. The van der Waals surface area contributed by atoms with E-state index in [1.54, 1.807) is 24.3 Å². The smallest absolute Gasteiger partial charge is 0.326 e. The monoisotopic (exact) mass is 354 g/mol. The molecule has 0 bridgehead atoms. The maximum absolute atomic E-state index is 12.0. The topological polar surface area (TPSA) is 86.7 Å². The number of nitrogens with one attached hydrogen (secondary N) is 1. The van der Waals surface area contributed by atoms with Crippen molar-refractivity contribution in [2.75, 3.05) is 13.1 Å². The summed E-state index contributed by atoms with van der Waals surface area (Å²) in [5.74, 6) is -1.74. The van der Waals surface area contributed by atoms with E-state index < -0.39 is 12.0 Å². The average Bonchev–Trinajstić information content (AvgIpc) is 2.94. The van der Waals surface area contributed by atoms with Gasteiger partial charge >= 0.3 is 5.97 Å². The van der Waals surface area contributed by atoms with Crippen LogP contribution in [0.25, 0.3) is 0 Å². The van der Waals surface area contributed by atoms with Crippen LogP contribution in [0.3, 0.4) is 0 Å². The highest BCUT2D eigenvalue weighted by atomic mass is 79.9. The van der Waals surface area contributed by atoms with Crippen LogP contribution in [0.15, 0.2) is 28.7 Å². The molecule has 6 nitrogen and oxygen atoms in total. The molecule has 2 N–H and O–H groups in total. The molecular formula is C14H15BrN2O4. The van der Waals surface area contributed by atoms with Gasteiger partial charge in [-0.3, -0.25) is 9.59 Å². The largest absolute Gasteiger partial charge is 0.480 e. The summed E-state index contributed by atoms with van der Waals surface area (Å²) in [7, 11) is 0. The van der Waals surface area contributed by atoms with E-state index in [0.29, 0.717) is 24.9 Å². The maximum atomic E-state index is 12.0. The molecule has 2 rings (SSSR count). The number of carbonyl (C=O) groups excluding carboxylic acids is 2. The quantitative estimate of drug-likeness (QED) is 0.851. The molecule has 112 valence electrons. The van der Waals surface area contributed by atoms with Crippen molar-refractivity contribution >= 4 is 33.7 Å². The van der Waals surface area contributed by atoms with Crippen molar-refractivity contribution in [3.63, 3.8) is 0 Å². The lowest BCUT2D eigenvalue weighted by Crippen LogP contribution is -2.45. The zero-order valence-corrected chi connectivity index (χ0v) is 12.8. The van der Waals surface area contributed by atoms with Gasteiger partial charge in [-0.05, 0) is 31.0 Å². The van der Waals surface area contributed by atoms with E-state index in [2.05, 4.69) is 21.2 Å². The van der Waals surface area contributed by atoms with Gasteiger partial charge in [-0.2, -0.15) is 0 Å². The van der Waals surface area contributed by atoms with Crippen LogP contribution in [0.4, 0.5) is 0 Å². The van der Waals surface area contributed by atoms with E-state index in [1.807, 2.05) is 0 Å². The summed E-state index contributed by atoms with van der Waals surface area (Å²) in [6.07, 6.45) is 1.13. The maximum Gasteiger partial charge on any atom is 0.326 e. The Morgan fingerprint density at radius 2 is 2.14 bits per heavy atom. The first-order chi connectivity index (χ1) is 9.99. The lowest BCUT2D eigenvalue weighted by atomic mass is 10.2. The molecule has 1 atom stereocenters. The number of carboxylic acid groups (broad SMARTS) is 1. The summed E-state index contributed by atoms with van der Waals surface area (Å²) >= 11 is 3.27. The zero-order valence-electron chi connectivity index (χ0n) is 11.2. The molecule has 0 spiro atoms. The Morgan fingerprint density at radius 3 is 2.81 bits per heavy atom. The normalized spacial score (nSPS) is 17.6. The first-order valence-electron chi connectivity index (χ1n) is 6.55. The number of likely N-dealkylation sites (tertiary alicyclic amines) is 1. The minimum Gasteiger partial charge on any atom is -0.480 e. The van der Waals surface area contributed by atoms with Gasteiger partial charge < -0.3 is 15.3 Å². The molecule has 0 aromatic heterocycles. The van der Waals surface area contributed by atoms with Crippen LogP contribution < -0.4 is 5.32 Å². The summed E-state index contributed by atoms with van der Waals surface area (Å²) in [5.41, 5.74) is 0.438. The van der Waals surface area contributed by atoms with Gasteiger partial charge in [0.15, 0.2) is 0 Å². The molecule has 1 aromatic rings. The Hall–Kier alpha value is -1.89. The summed E-state index contributed by atoms with van der Waals surface area (Å²) < 4.78 is 0.770. The number of carbonyl (C=O) groups is 3. The highest BCUT2D eigenvalue weighted by molar-refractivity contribution is 9.10. The molecule has 0 aliphatic carbocycles. The molecule has 7 heteroatoms. The van der Waals surface area contributed by atoms with Gasteiger partial charge in [0.05, 0.1) is 6.54 Å². The highest BCUT2D eigenvalue weighted by Gasteiger charge is 2.33. The van der Waals surface area contributed by atoms with Gasteiger partial charge in [0.1, 0.15) is 6.04 Å². The Labute approximate surface area is 130 Å². The third-order valence-corrected chi connectivity index (χ3v) is 3.84. The van der Waals surface area contributed by atoms with Crippen molar-refractivity contribution < 1.29 is 19.5 Å². The van der Waals surface area contributed by atoms with Crippen molar-refractivity contribution in [3.8, 4) is 0 Å². The number of hydrogen-bond acceptors (Lipinski definition) is 3. The first-order valence-corrected chi connectivity index (χ1v) is 7.34. The molecule has 1 aliphatic rings. The lowest BCUT2D eigenvalue weighted by molar-refractivity contribution is -0.147. The number of rotatable bonds is 4. The van der Waals surface area contributed by atoms with Crippen LogP contribution in [0.5, 0.6) is 0 Å². The third kappa shape index (κ3) is 3.81. The van der Waals surface area contributed by atoms with Crippen LogP contribution >= 0.6 is 15.9 Å². The summed E-state index contributed by atoms with van der Waals surface area (Å²) in [4.78, 5) is 36.3. The lowest BCUT2D eigenvalue weighted by Gasteiger charge is -2.21. The molecular weight excluding hydrogens is 340 g/mol. The van der Waals surface area contributed by atoms with Crippen molar-refractivity contribution in [2.45, 2.75) is 18.9 Å². The number of nitrogens with zero attached hydrogens (tertiary/aromatic N) is 1. The van der Waals surface area contributed by atoms with Crippen LogP contribution in [0.2, 0.25) is 0 Å². The van der Waals surface area contributed by atoms with Gasteiger partial charge in [-0.25, -0.2) is 4.79 Å². The highest BCUT2D eigenvalue weighted by Crippen LogP contribution is 2.17. The van der Waals surface area contributed by atoms with E-state index in [-0.39, 0.29) is 18.4 Å². The number of amides is 2. The number of benzene rings is 1. The second-order valence-electron chi connectivity index (χ2n) is 4.78. The van der Waals surface area contributed by atoms with Crippen molar-refractivity contribution in [1.29, 1.82) is 0 Å². The fourth-order valence-electron chi connectivity index (χ4n) is 2.31. The summed E-state index contributed by atoms with van der Waals surface area (Å²) in [6.45, 7) is 0.220. The van der Waals surface area contributed by atoms with Gasteiger partial charge in [0, 0.05) is 16.6 Å².